The van der Waals surface area contributed by atoms with Gasteiger partial charge in [0.1, 0.15) is 12.6 Å². The number of hydrogen-bond donors (Lipinski definition) is 0. The number of methoxy groups -OCH3 is 1. The van der Waals surface area contributed by atoms with Crippen molar-refractivity contribution >= 4 is 23.8 Å². The monoisotopic (exact) mass is 409 g/mol. The Morgan fingerprint density at radius 1 is 0.933 bits per heavy atom. The van der Waals surface area contributed by atoms with Crippen molar-refractivity contribution in [3.05, 3.63) is 70.8 Å². The van der Waals surface area contributed by atoms with Gasteiger partial charge in [-0.2, -0.15) is 0 Å². The molecule has 1 unspecified atom stereocenters. The summed E-state index contributed by atoms with van der Waals surface area (Å²) in [5.41, 5.74) is 1.64. The van der Waals surface area contributed by atoms with E-state index < -0.39 is 29.8 Å². The van der Waals surface area contributed by atoms with Crippen LogP contribution in [0.4, 0.5) is 0 Å². The van der Waals surface area contributed by atoms with Crippen LogP contribution in [-0.4, -0.2) is 41.8 Å². The molecule has 0 saturated heterocycles. The number of nitrogens with zero attached hydrogens (tertiary/aromatic N) is 1. The lowest BCUT2D eigenvalue weighted by Gasteiger charge is -2.26. The smallest absolute Gasteiger partial charge is 0.337 e. The van der Waals surface area contributed by atoms with Crippen LogP contribution in [-0.2, 0) is 20.9 Å². The van der Waals surface area contributed by atoms with Gasteiger partial charge in [0.2, 0.25) is 0 Å². The van der Waals surface area contributed by atoms with Gasteiger partial charge in [0, 0.05) is 0 Å². The summed E-state index contributed by atoms with van der Waals surface area (Å²) in [4.78, 5) is 51.0. The predicted octanol–water partition coefficient (Wildman–Crippen LogP) is 3.23. The van der Waals surface area contributed by atoms with Crippen molar-refractivity contribution in [1.29, 1.82) is 0 Å². The van der Waals surface area contributed by atoms with Crippen LogP contribution in [0.5, 0.6) is 0 Å². The van der Waals surface area contributed by atoms with Crippen LogP contribution in [0, 0.1) is 5.92 Å². The van der Waals surface area contributed by atoms with Crippen molar-refractivity contribution in [2.75, 3.05) is 7.11 Å². The molecule has 0 fully saturated rings. The third kappa shape index (κ3) is 4.25. The average Bonchev–Trinajstić information content (AvgIpc) is 3.00. The lowest BCUT2D eigenvalue weighted by molar-refractivity contribution is -0.150. The molecule has 3 rings (SSSR count). The largest absolute Gasteiger partial charge is 0.465 e. The number of esters is 2. The van der Waals surface area contributed by atoms with E-state index in [0.717, 1.165) is 4.90 Å². The summed E-state index contributed by atoms with van der Waals surface area (Å²) in [6.07, 6.45) is 0.297. The second-order valence-corrected chi connectivity index (χ2v) is 7.47. The third-order valence-electron chi connectivity index (χ3n) is 4.86. The summed E-state index contributed by atoms with van der Waals surface area (Å²) in [7, 11) is 1.30. The molecule has 7 heteroatoms. The van der Waals surface area contributed by atoms with E-state index in [2.05, 4.69) is 4.74 Å². The Morgan fingerprint density at radius 2 is 1.50 bits per heavy atom. The van der Waals surface area contributed by atoms with E-state index in [9.17, 15) is 19.2 Å². The van der Waals surface area contributed by atoms with Crippen molar-refractivity contribution in [3.8, 4) is 0 Å². The number of rotatable bonds is 7. The van der Waals surface area contributed by atoms with Crippen molar-refractivity contribution in [1.82, 2.24) is 4.90 Å². The van der Waals surface area contributed by atoms with Gasteiger partial charge in [-0.3, -0.25) is 14.5 Å². The number of carbonyl (C=O) groups is 4. The fourth-order valence-electron chi connectivity index (χ4n) is 3.35. The van der Waals surface area contributed by atoms with Gasteiger partial charge in [-0.1, -0.05) is 38.1 Å². The van der Waals surface area contributed by atoms with Gasteiger partial charge in [-0.25, -0.2) is 9.59 Å². The standard InChI is InChI=1S/C23H23NO6/c1-14(2)12-19(24-20(25)17-6-4-5-7-18(17)21(24)26)23(28)30-13-15-8-10-16(11-9-15)22(27)29-3/h4-11,14,19H,12-13H2,1-3H3. The molecule has 1 aliphatic rings. The molecule has 2 aromatic carbocycles. The van der Waals surface area contributed by atoms with Crippen LogP contribution in [0.3, 0.4) is 0 Å². The fourth-order valence-corrected chi connectivity index (χ4v) is 3.35. The highest BCUT2D eigenvalue weighted by Gasteiger charge is 2.43. The Balaban J connectivity index is 1.75. The van der Waals surface area contributed by atoms with E-state index in [1.54, 1.807) is 48.5 Å². The Kier molecular flexibility index (Phi) is 6.30. The first-order chi connectivity index (χ1) is 14.3. The van der Waals surface area contributed by atoms with Gasteiger partial charge < -0.3 is 9.47 Å². The average molecular weight is 409 g/mol. The Labute approximate surface area is 174 Å². The molecule has 7 nitrogen and oxygen atoms in total. The first kappa shape index (κ1) is 21.2. The lowest BCUT2D eigenvalue weighted by atomic mass is 10.0. The highest BCUT2D eigenvalue weighted by molar-refractivity contribution is 6.22. The minimum atomic E-state index is -1.01. The van der Waals surface area contributed by atoms with E-state index in [-0.39, 0.29) is 12.5 Å². The molecule has 0 spiro atoms. The van der Waals surface area contributed by atoms with Crippen LogP contribution >= 0.6 is 0 Å². The first-order valence-corrected chi connectivity index (χ1v) is 9.64. The number of ether oxygens (including phenoxy) is 2. The number of amides is 2. The van der Waals surface area contributed by atoms with Crippen molar-refractivity contribution in [3.63, 3.8) is 0 Å². The molecular formula is C23H23NO6. The molecule has 156 valence electrons. The summed E-state index contributed by atoms with van der Waals surface area (Å²) in [5.74, 6) is -2.01. The molecule has 0 aliphatic carbocycles. The number of fused-ring (bicyclic) bond motifs is 1. The maximum Gasteiger partial charge on any atom is 0.337 e. The second-order valence-electron chi connectivity index (χ2n) is 7.47. The molecule has 0 aromatic heterocycles. The SMILES string of the molecule is COC(=O)c1ccc(COC(=O)C(CC(C)C)N2C(=O)c3ccccc3C2=O)cc1. The molecule has 0 N–H and O–H groups in total. The van der Waals surface area contributed by atoms with Crippen LogP contribution in [0.2, 0.25) is 0 Å². The van der Waals surface area contributed by atoms with Crippen molar-refractivity contribution in [2.24, 2.45) is 5.92 Å². The molecular weight excluding hydrogens is 386 g/mol. The minimum absolute atomic E-state index is 0.0436. The summed E-state index contributed by atoms with van der Waals surface area (Å²) in [6, 6.07) is 12.0. The molecule has 1 heterocycles. The minimum Gasteiger partial charge on any atom is -0.465 e. The first-order valence-electron chi connectivity index (χ1n) is 9.64. The van der Waals surface area contributed by atoms with Gasteiger partial charge in [-0.05, 0) is 42.2 Å². The molecule has 1 aliphatic heterocycles. The van der Waals surface area contributed by atoms with E-state index in [4.69, 9.17) is 4.74 Å². The van der Waals surface area contributed by atoms with Gasteiger partial charge >= 0.3 is 11.9 Å². The molecule has 0 bridgehead atoms. The quantitative estimate of drug-likeness (QED) is 0.515. The Hall–Kier alpha value is -3.48. The lowest BCUT2D eigenvalue weighted by Crippen LogP contribution is -2.46. The van der Waals surface area contributed by atoms with Crippen LogP contribution in [0.25, 0.3) is 0 Å². The van der Waals surface area contributed by atoms with E-state index in [1.165, 1.54) is 7.11 Å². The highest BCUT2D eigenvalue weighted by atomic mass is 16.5. The van der Waals surface area contributed by atoms with E-state index in [1.807, 2.05) is 13.8 Å². The van der Waals surface area contributed by atoms with Gasteiger partial charge in [0.05, 0.1) is 23.8 Å². The topological polar surface area (TPSA) is 90.0 Å². The predicted molar refractivity (Wildman–Crippen MR) is 108 cm³/mol. The Morgan fingerprint density at radius 3 is 2.00 bits per heavy atom. The zero-order valence-corrected chi connectivity index (χ0v) is 17.1. The van der Waals surface area contributed by atoms with Crippen molar-refractivity contribution < 1.29 is 28.7 Å². The van der Waals surface area contributed by atoms with Crippen LogP contribution in [0.15, 0.2) is 48.5 Å². The molecule has 1 atom stereocenters. The second kappa shape index (κ2) is 8.90. The van der Waals surface area contributed by atoms with E-state index in [0.29, 0.717) is 28.7 Å². The maximum atomic E-state index is 12.9. The number of imide groups is 1. The molecule has 2 amide bonds. The zero-order chi connectivity index (χ0) is 21.8. The molecule has 30 heavy (non-hydrogen) atoms. The van der Waals surface area contributed by atoms with E-state index >= 15 is 0 Å². The zero-order valence-electron chi connectivity index (χ0n) is 17.1. The molecule has 2 aromatic rings. The van der Waals surface area contributed by atoms with Gasteiger partial charge in [0.25, 0.3) is 11.8 Å². The molecule has 0 radical (unpaired) electrons. The van der Waals surface area contributed by atoms with Crippen molar-refractivity contribution in [2.45, 2.75) is 32.9 Å². The number of hydrogen-bond acceptors (Lipinski definition) is 6. The third-order valence-corrected chi connectivity index (χ3v) is 4.86. The van der Waals surface area contributed by atoms with Crippen LogP contribution in [0.1, 0.15) is 56.9 Å². The molecule has 0 saturated carbocycles. The summed E-state index contributed by atoms with van der Waals surface area (Å²) in [5, 5.41) is 0. The number of benzene rings is 2. The van der Waals surface area contributed by atoms with Crippen LogP contribution < -0.4 is 0 Å². The summed E-state index contributed by atoms with van der Waals surface area (Å²) in [6.45, 7) is 3.77. The summed E-state index contributed by atoms with van der Waals surface area (Å²) >= 11 is 0. The highest BCUT2D eigenvalue weighted by Crippen LogP contribution is 2.27. The Bertz CT molecular complexity index is 944. The fraction of sp³-hybridized carbons (Fsp3) is 0.304. The number of carbonyl (C=O) groups excluding carboxylic acids is 4. The van der Waals surface area contributed by atoms with Gasteiger partial charge in [-0.15, -0.1) is 0 Å². The van der Waals surface area contributed by atoms with Gasteiger partial charge in [0.15, 0.2) is 0 Å². The maximum absolute atomic E-state index is 12.9. The summed E-state index contributed by atoms with van der Waals surface area (Å²) < 4.78 is 10.1. The normalized spacial score (nSPS) is 13.9.